The molecule has 0 radical (unpaired) electrons. The number of nitrogens with one attached hydrogen (secondary N) is 1. The second kappa shape index (κ2) is 4.19. The Kier molecular flexibility index (Phi) is 3.25. The molecule has 1 amide bonds. The Morgan fingerprint density at radius 2 is 1.76 bits per heavy atom. The average molecular weight is 254 g/mol. The quantitative estimate of drug-likeness (QED) is 0.629. The first-order valence-electron chi connectivity index (χ1n) is 4.26. The molecule has 8 heteroatoms. The summed E-state index contributed by atoms with van der Waals surface area (Å²) < 4.78 is 60.6. The Balaban J connectivity index is 2.87. The number of halogens is 5. The Bertz CT molecular complexity index is 430. The minimum atomic E-state index is -5.93. The summed E-state index contributed by atoms with van der Waals surface area (Å²) in [6.07, 6.45) is -5.93. The molecule has 17 heavy (non-hydrogen) atoms. The molecule has 3 N–H and O–H groups in total. The number of anilines is 2. The van der Waals surface area contributed by atoms with Crippen LogP contribution in [0.3, 0.4) is 0 Å². The van der Waals surface area contributed by atoms with Gasteiger partial charge in [0.2, 0.25) is 0 Å². The van der Waals surface area contributed by atoms with E-state index in [0.717, 1.165) is 12.1 Å². The number of alkyl halides is 5. The van der Waals surface area contributed by atoms with Crippen molar-refractivity contribution in [3.63, 3.8) is 0 Å². The molecule has 0 spiro atoms. The topological polar surface area (TPSA) is 55.1 Å². The van der Waals surface area contributed by atoms with Crippen molar-refractivity contribution in [3.8, 4) is 0 Å². The fraction of sp³-hybridized carbons (Fsp3) is 0.222. The van der Waals surface area contributed by atoms with E-state index in [4.69, 9.17) is 5.73 Å². The molecular weight excluding hydrogens is 247 g/mol. The van der Waals surface area contributed by atoms with E-state index in [1.165, 1.54) is 17.4 Å². The molecule has 0 fully saturated rings. The molecule has 0 aliphatic carbocycles. The lowest BCUT2D eigenvalue weighted by atomic mass is 10.2. The number of carbonyl (C=O) groups excluding carboxylic acids is 1. The van der Waals surface area contributed by atoms with Crippen LogP contribution in [0.4, 0.5) is 33.3 Å². The van der Waals surface area contributed by atoms with Crippen molar-refractivity contribution < 1.29 is 26.7 Å². The number of hydrogen-bond donors (Lipinski definition) is 2. The monoisotopic (exact) mass is 254 g/mol. The van der Waals surface area contributed by atoms with Crippen molar-refractivity contribution in [3.05, 3.63) is 24.3 Å². The van der Waals surface area contributed by atoms with Crippen LogP contribution in [0.2, 0.25) is 0 Å². The predicted octanol–water partition coefficient (Wildman–Crippen LogP) is 2.40. The summed E-state index contributed by atoms with van der Waals surface area (Å²) in [4.78, 5) is 10.8. The maximum atomic E-state index is 12.5. The van der Waals surface area contributed by atoms with E-state index in [0.29, 0.717) is 0 Å². The number of nitrogens with two attached hydrogens (primary N) is 1. The van der Waals surface area contributed by atoms with Crippen molar-refractivity contribution in [2.24, 2.45) is 0 Å². The van der Waals surface area contributed by atoms with Gasteiger partial charge in [0.1, 0.15) is 0 Å². The van der Waals surface area contributed by atoms with Crippen LogP contribution in [0.25, 0.3) is 0 Å². The Labute approximate surface area is 92.4 Å². The summed E-state index contributed by atoms with van der Waals surface area (Å²) in [5, 5.41) is 1.44. The first-order chi connectivity index (χ1) is 7.64. The maximum absolute atomic E-state index is 12.5. The number of carbonyl (C=O) groups is 1. The first kappa shape index (κ1) is 13.2. The molecule has 0 unspecified atom stereocenters. The van der Waals surface area contributed by atoms with E-state index >= 15 is 0 Å². The lowest BCUT2D eigenvalue weighted by Crippen LogP contribution is -2.47. The van der Waals surface area contributed by atoms with E-state index < -0.39 is 18.0 Å². The van der Waals surface area contributed by atoms with Gasteiger partial charge < -0.3 is 11.1 Å². The highest BCUT2D eigenvalue weighted by molar-refractivity contribution is 5.97. The van der Waals surface area contributed by atoms with Crippen LogP contribution in [-0.4, -0.2) is 18.0 Å². The first-order valence-corrected chi connectivity index (χ1v) is 4.26. The van der Waals surface area contributed by atoms with Crippen molar-refractivity contribution in [2.45, 2.75) is 12.1 Å². The summed E-state index contributed by atoms with van der Waals surface area (Å²) in [5.41, 5.74) is 5.15. The number of rotatable bonds is 2. The van der Waals surface area contributed by atoms with E-state index in [2.05, 4.69) is 0 Å². The van der Waals surface area contributed by atoms with Crippen LogP contribution in [0.15, 0.2) is 24.3 Å². The lowest BCUT2D eigenvalue weighted by Gasteiger charge is -2.18. The van der Waals surface area contributed by atoms with Gasteiger partial charge in [0.25, 0.3) is 0 Å². The summed E-state index contributed by atoms with van der Waals surface area (Å²) in [7, 11) is 0. The predicted molar refractivity (Wildman–Crippen MR) is 50.5 cm³/mol. The molecule has 0 aromatic heterocycles. The Morgan fingerprint density at radius 3 is 2.24 bits per heavy atom. The van der Waals surface area contributed by atoms with Crippen LogP contribution >= 0.6 is 0 Å². The van der Waals surface area contributed by atoms with E-state index in [9.17, 15) is 26.7 Å². The molecular formula is C9H7F5N2O. The van der Waals surface area contributed by atoms with Gasteiger partial charge in [-0.3, -0.25) is 4.79 Å². The van der Waals surface area contributed by atoms with Crippen molar-refractivity contribution in [1.29, 1.82) is 0 Å². The molecule has 0 saturated heterocycles. The zero-order chi connectivity index (χ0) is 13.3. The van der Waals surface area contributed by atoms with Crippen LogP contribution in [-0.2, 0) is 4.79 Å². The van der Waals surface area contributed by atoms with Gasteiger partial charge in [-0.05, 0) is 18.2 Å². The van der Waals surface area contributed by atoms with Crippen LogP contribution in [0.5, 0.6) is 0 Å². The molecule has 94 valence electrons. The Morgan fingerprint density at radius 1 is 1.18 bits per heavy atom. The summed E-state index contributed by atoms with van der Waals surface area (Å²) >= 11 is 0. The van der Waals surface area contributed by atoms with Gasteiger partial charge in [-0.15, -0.1) is 0 Å². The largest absolute Gasteiger partial charge is 0.463 e. The summed E-state index contributed by atoms with van der Waals surface area (Å²) in [6.45, 7) is 0. The minimum absolute atomic E-state index is 0.123. The van der Waals surface area contributed by atoms with E-state index in [1.54, 1.807) is 0 Å². The number of hydrogen-bond acceptors (Lipinski definition) is 2. The summed E-state index contributed by atoms with van der Waals surface area (Å²) in [5.74, 6) is -7.90. The molecule has 0 saturated carbocycles. The van der Waals surface area contributed by atoms with Gasteiger partial charge in [0.05, 0.1) is 0 Å². The molecule has 0 atom stereocenters. The molecule has 0 aliphatic heterocycles. The third-order valence-corrected chi connectivity index (χ3v) is 1.79. The zero-order valence-corrected chi connectivity index (χ0v) is 8.18. The normalized spacial score (nSPS) is 12.3. The van der Waals surface area contributed by atoms with Gasteiger partial charge in [0.15, 0.2) is 0 Å². The molecule has 1 rings (SSSR count). The fourth-order valence-electron chi connectivity index (χ4n) is 0.955. The zero-order valence-electron chi connectivity index (χ0n) is 8.18. The van der Waals surface area contributed by atoms with Gasteiger partial charge in [-0.25, -0.2) is 0 Å². The van der Waals surface area contributed by atoms with Crippen LogP contribution < -0.4 is 11.1 Å². The van der Waals surface area contributed by atoms with Crippen LogP contribution in [0, 0.1) is 0 Å². The number of amides is 1. The highest BCUT2D eigenvalue weighted by Crippen LogP contribution is 2.36. The van der Waals surface area contributed by atoms with Gasteiger partial charge in [-0.2, -0.15) is 22.0 Å². The number of nitrogen functional groups attached to an aromatic ring is 1. The van der Waals surface area contributed by atoms with Crippen molar-refractivity contribution >= 4 is 17.3 Å². The fourth-order valence-corrected chi connectivity index (χ4v) is 0.955. The standard InChI is InChI=1S/C9H7F5N2O/c10-8(11,9(12,13)14)7(17)16-6-3-1-2-5(15)4-6/h1-4H,15H2,(H,16,17). The van der Waals surface area contributed by atoms with Crippen LogP contribution in [0.1, 0.15) is 0 Å². The second-order valence-corrected chi connectivity index (χ2v) is 3.15. The molecule has 3 nitrogen and oxygen atoms in total. The second-order valence-electron chi connectivity index (χ2n) is 3.15. The van der Waals surface area contributed by atoms with Crippen molar-refractivity contribution in [2.75, 3.05) is 11.1 Å². The highest BCUT2D eigenvalue weighted by atomic mass is 19.4. The maximum Gasteiger partial charge on any atom is 0.463 e. The third kappa shape index (κ3) is 2.83. The van der Waals surface area contributed by atoms with E-state index in [1.807, 2.05) is 0 Å². The Hall–Kier alpha value is -1.86. The molecule has 0 bridgehead atoms. The average Bonchev–Trinajstić information content (AvgIpc) is 2.15. The smallest absolute Gasteiger partial charge is 0.399 e. The highest BCUT2D eigenvalue weighted by Gasteiger charge is 2.63. The summed E-state index contributed by atoms with van der Waals surface area (Å²) in [6, 6.07) is 4.89. The molecule has 0 aliphatic rings. The number of benzene rings is 1. The SMILES string of the molecule is Nc1cccc(NC(=O)C(F)(F)C(F)(F)F)c1. The van der Waals surface area contributed by atoms with E-state index in [-0.39, 0.29) is 11.4 Å². The molecule has 1 aromatic rings. The van der Waals surface area contributed by atoms with Gasteiger partial charge in [-0.1, -0.05) is 6.07 Å². The minimum Gasteiger partial charge on any atom is -0.399 e. The lowest BCUT2D eigenvalue weighted by molar-refractivity contribution is -0.267. The molecule has 1 aromatic carbocycles. The van der Waals surface area contributed by atoms with Crippen molar-refractivity contribution in [1.82, 2.24) is 0 Å². The van der Waals surface area contributed by atoms with Gasteiger partial charge >= 0.3 is 18.0 Å². The third-order valence-electron chi connectivity index (χ3n) is 1.79. The van der Waals surface area contributed by atoms with Gasteiger partial charge in [0, 0.05) is 11.4 Å². The molecule has 0 heterocycles.